The van der Waals surface area contributed by atoms with Crippen LogP contribution in [-0.2, 0) is 24.4 Å². The summed E-state index contributed by atoms with van der Waals surface area (Å²) >= 11 is 12.9. The molecule has 0 atom stereocenters. The van der Waals surface area contributed by atoms with Crippen LogP contribution in [0.1, 0.15) is 62.5 Å². The van der Waals surface area contributed by atoms with E-state index in [1.807, 2.05) is 18.2 Å². The standard InChI is InChI=1S/C41H48Cl2F3N5O2/c42-35-4-3-5-36(43)34(35)26-49-21-15-39(16-22-49)17-23-50(28-39)25-29-7-12-37-32(24-29)33(30-8-10-31(11-9-30)53-41(44,45)46)27-51(37)20-2-1-6-38(52)40(47)13-18-48-19-14-40/h3-5,7-12,24,27,48H,1-2,6,13-23,25-26,28,47H2. The molecule has 0 amide bonds. The summed E-state index contributed by atoms with van der Waals surface area (Å²) in [6.45, 7) is 7.98. The number of unbranched alkanes of at least 4 members (excludes halogenated alkanes) is 1. The fraction of sp³-hybridized carbons (Fsp3) is 0.488. The Morgan fingerprint density at radius 2 is 1.55 bits per heavy atom. The number of hydrogen-bond donors (Lipinski definition) is 2. The fourth-order valence-corrected chi connectivity index (χ4v) is 9.10. The van der Waals surface area contributed by atoms with Gasteiger partial charge in [0, 0.05) is 70.9 Å². The molecule has 0 aliphatic carbocycles. The monoisotopic (exact) mass is 769 g/mol. The highest BCUT2D eigenvalue weighted by atomic mass is 35.5. The van der Waals surface area contributed by atoms with Crippen molar-refractivity contribution in [2.45, 2.75) is 82.9 Å². The molecule has 4 heterocycles. The molecule has 3 aliphatic heterocycles. The molecular weight excluding hydrogens is 722 g/mol. The second kappa shape index (κ2) is 15.9. The number of hydrogen-bond acceptors (Lipinski definition) is 6. The van der Waals surface area contributed by atoms with E-state index in [1.165, 1.54) is 24.1 Å². The Bertz CT molecular complexity index is 1880. The number of halogens is 5. The van der Waals surface area contributed by atoms with Gasteiger partial charge in [0.15, 0.2) is 5.78 Å². The van der Waals surface area contributed by atoms with Gasteiger partial charge >= 0.3 is 6.36 Å². The Kier molecular flexibility index (Phi) is 11.5. The second-order valence-electron chi connectivity index (χ2n) is 15.4. The van der Waals surface area contributed by atoms with Crippen molar-refractivity contribution >= 4 is 39.9 Å². The van der Waals surface area contributed by atoms with Crippen LogP contribution in [0.15, 0.2) is 66.9 Å². The molecule has 284 valence electrons. The Morgan fingerprint density at radius 3 is 2.23 bits per heavy atom. The lowest BCUT2D eigenvalue weighted by Gasteiger charge is -2.39. The normalized spacial score (nSPS) is 19.3. The third kappa shape index (κ3) is 9.06. The van der Waals surface area contributed by atoms with Crippen LogP contribution in [0.25, 0.3) is 22.0 Å². The highest BCUT2D eigenvalue weighted by Crippen LogP contribution is 2.42. The number of benzene rings is 3. The Hall–Kier alpha value is -3.12. The number of nitrogens with one attached hydrogen (secondary N) is 1. The Morgan fingerprint density at radius 1 is 0.868 bits per heavy atom. The zero-order valence-corrected chi connectivity index (χ0v) is 31.5. The molecule has 0 unspecified atom stereocenters. The predicted octanol–water partition coefficient (Wildman–Crippen LogP) is 8.82. The molecule has 7 nitrogen and oxygen atoms in total. The number of aryl methyl sites for hydroxylation is 1. The highest BCUT2D eigenvalue weighted by molar-refractivity contribution is 6.36. The number of ether oxygens (including phenoxy) is 1. The number of aromatic nitrogens is 1. The maximum Gasteiger partial charge on any atom is 0.573 e. The van der Waals surface area contributed by atoms with Gasteiger partial charge < -0.3 is 20.4 Å². The van der Waals surface area contributed by atoms with Gasteiger partial charge in [-0.05, 0) is 131 Å². The van der Waals surface area contributed by atoms with E-state index in [0.29, 0.717) is 31.2 Å². The third-order valence-corrected chi connectivity index (χ3v) is 12.4. The number of Topliss-reactive ketones (excluding diaryl/α,β-unsaturated/α-hetero) is 1. The van der Waals surface area contributed by atoms with Crippen molar-refractivity contribution in [2.24, 2.45) is 11.1 Å². The lowest BCUT2D eigenvalue weighted by atomic mass is 9.77. The molecule has 3 aromatic carbocycles. The minimum Gasteiger partial charge on any atom is -0.406 e. The molecule has 4 aromatic rings. The summed E-state index contributed by atoms with van der Waals surface area (Å²) in [5, 5.41) is 5.77. The number of nitrogens with two attached hydrogens (primary N) is 1. The van der Waals surface area contributed by atoms with Gasteiger partial charge in [-0.2, -0.15) is 0 Å². The quantitative estimate of drug-likeness (QED) is 0.140. The van der Waals surface area contributed by atoms with Crippen LogP contribution < -0.4 is 15.8 Å². The van der Waals surface area contributed by atoms with Crippen LogP contribution in [0, 0.1) is 5.41 Å². The Balaban J connectivity index is 1.03. The highest BCUT2D eigenvalue weighted by Gasteiger charge is 2.40. The molecule has 3 aliphatic rings. The number of carbonyl (C=O) groups excluding carboxylic acids is 1. The van der Waals surface area contributed by atoms with Crippen molar-refractivity contribution in [2.75, 3.05) is 39.3 Å². The number of ketones is 1. The van der Waals surface area contributed by atoms with E-state index in [2.05, 4.69) is 48.8 Å². The number of alkyl halides is 3. The van der Waals surface area contributed by atoms with Crippen LogP contribution in [0.4, 0.5) is 13.2 Å². The largest absolute Gasteiger partial charge is 0.573 e. The molecule has 3 saturated heterocycles. The molecule has 1 aromatic heterocycles. The van der Waals surface area contributed by atoms with E-state index < -0.39 is 11.9 Å². The zero-order chi connectivity index (χ0) is 37.2. The lowest BCUT2D eigenvalue weighted by molar-refractivity contribution is -0.274. The summed E-state index contributed by atoms with van der Waals surface area (Å²) in [5.41, 5.74) is 11.1. The predicted molar refractivity (Wildman–Crippen MR) is 205 cm³/mol. The number of rotatable bonds is 12. The average Bonchev–Trinajstić information content (AvgIpc) is 3.69. The molecule has 0 saturated carbocycles. The summed E-state index contributed by atoms with van der Waals surface area (Å²) in [4.78, 5) is 18.0. The number of likely N-dealkylation sites (tertiary alicyclic amines) is 2. The van der Waals surface area contributed by atoms with E-state index in [1.54, 1.807) is 12.1 Å². The number of nitrogens with zero attached hydrogens (tertiary/aromatic N) is 3. The van der Waals surface area contributed by atoms with Gasteiger partial charge in [0.05, 0.1) is 5.54 Å². The van der Waals surface area contributed by atoms with Crippen molar-refractivity contribution < 1.29 is 22.7 Å². The molecule has 3 fully saturated rings. The summed E-state index contributed by atoms with van der Waals surface area (Å²) in [7, 11) is 0. The molecular formula is C41H48Cl2F3N5O2. The summed E-state index contributed by atoms with van der Waals surface area (Å²) in [6.07, 6.45) is 4.14. The number of fused-ring (bicyclic) bond motifs is 1. The first-order valence-corrected chi connectivity index (χ1v) is 19.5. The second-order valence-corrected chi connectivity index (χ2v) is 16.2. The maximum absolute atomic E-state index is 13.0. The van der Waals surface area contributed by atoms with Crippen molar-refractivity contribution in [1.29, 1.82) is 0 Å². The summed E-state index contributed by atoms with van der Waals surface area (Å²) < 4.78 is 45.0. The van der Waals surface area contributed by atoms with Crippen molar-refractivity contribution in [1.82, 2.24) is 19.7 Å². The van der Waals surface area contributed by atoms with E-state index in [-0.39, 0.29) is 11.5 Å². The average molecular weight is 771 g/mol. The Labute approximate surface area is 319 Å². The van der Waals surface area contributed by atoms with E-state index >= 15 is 0 Å². The SMILES string of the molecule is NC1(C(=O)CCCCn2cc(-c3ccc(OC(F)(F)F)cc3)c3cc(CN4CCC5(CCN(Cc6c(Cl)cccc6Cl)CC5)C4)ccc32)CCNCC1. The molecule has 0 bridgehead atoms. The molecule has 53 heavy (non-hydrogen) atoms. The zero-order valence-electron chi connectivity index (χ0n) is 30.0. The van der Waals surface area contributed by atoms with Gasteiger partial charge in [-0.1, -0.05) is 47.5 Å². The minimum atomic E-state index is -4.75. The first-order chi connectivity index (χ1) is 25.4. The molecule has 0 radical (unpaired) electrons. The maximum atomic E-state index is 13.0. The van der Waals surface area contributed by atoms with E-state index in [4.69, 9.17) is 28.9 Å². The van der Waals surface area contributed by atoms with Crippen LogP contribution in [0.5, 0.6) is 5.75 Å². The van der Waals surface area contributed by atoms with Gasteiger partial charge in [-0.15, -0.1) is 13.2 Å². The summed E-state index contributed by atoms with van der Waals surface area (Å²) in [6, 6.07) is 18.4. The molecule has 1 spiro atoms. The van der Waals surface area contributed by atoms with Crippen LogP contribution >= 0.6 is 23.2 Å². The fourth-order valence-electron chi connectivity index (χ4n) is 8.58. The lowest BCUT2D eigenvalue weighted by Crippen LogP contribution is -2.54. The summed E-state index contributed by atoms with van der Waals surface area (Å²) in [5.74, 6) is -0.109. The van der Waals surface area contributed by atoms with Crippen LogP contribution in [0.3, 0.4) is 0 Å². The van der Waals surface area contributed by atoms with Crippen LogP contribution in [0.2, 0.25) is 10.0 Å². The van der Waals surface area contributed by atoms with Gasteiger partial charge in [0.2, 0.25) is 0 Å². The van der Waals surface area contributed by atoms with E-state index in [9.17, 15) is 18.0 Å². The first kappa shape index (κ1) is 38.2. The van der Waals surface area contributed by atoms with Gasteiger partial charge in [-0.3, -0.25) is 14.6 Å². The smallest absolute Gasteiger partial charge is 0.406 e. The van der Waals surface area contributed by atoms with Gasteiger partial charge in [0.1, 0.15) is 5.75 Å². The topological polar surface area (TPSA) is 75.8 Å². The van der Waals surface area contributed by atoms with Crippen molar-refractivity contribution in [3.05, 3.63) is 88.0 Å². The first-order valence-electron chi connectivity index (χ1n) is 18.8. The van der Waals surface area contributed by atoms with E-state index in [0.717, 1.165) is 116 Å². The van der Waals surface area contributed by atoms with Crippen LogP contribution in [-0.4, -0.2) is 71.3 Å². The molecule has 7 rings (SSSR count). The third-order valence-electron chi connectivity index (χ3n) is 11.7. The molecule has 12 heteroatoms. The minimum absolute atomic E-state index is 0.138. The number of carbonyl (C=O) groups is 1. The number of piperidine rings is 2. The van der Waals surface area contributed by atoms with Crippen molar-refractivity contribution in [3.8, 4) is 16.9 Å². The van der Waals surface area contributed by atoms with Gasteiger partial charge in [-0.25, -0.2) is 0 Å². The van der Waals surface area contributed by atoms with Crippen molar-refractivity contribution in [3.63, 3.8) is 0 Å². The van der Waals surface area contributed by atoms with Gasteiger partial charge in [0.25, 0.3) is 0 Å². The molecule has 3 N–H and O–H groups in total.